The number of anilines is 1. The van der Waals surface area contributed by atoms with Gasteiger partial charge in [-0.3, -0.25) is 0 Å². The number of benzene rings is 2. The van der Waals surface area contributed by atoms with Crippen LogP contribution in [0.1, 0.15) is 12.5 Å². The van der Waals surface area contributed by atoms with Crippen LogP contribution in [0.5, 0.6) is 0 Å². The molecule has 0 aliphatic carbocycles. The van der Waals surface area contributed by atoms with Crippen LogP contribution in [0.15, 0.2) is 66.7 Å². The first-order valence-corrected chi connectivity index (χ1v) is 10.3. The van der Waals surface area contributed by atoms with Crippen LogP contribution in [0.3, 0.4) is 0 Å². The van der Waals surface area contributed by atoms with E-state index < -0.39 is 0 Å². The summed E-state index contributed by atoms with van der Waals surface area (Å²) < 4.78 is 5.47. The Morgan fingerprint density at radius 1 is 1.07 bits per heavy atom. The minimum absolute atomic E-state index is 0.0672. The maximum atomic E-state index is 12.5. The first-order chi connectivity index (χ1) is 14.6. The minimum Gasteiger partial charge on any atom is -0.445 e. The van der Waals surface area contributed by atoms with Crippen molar-refractivity contribution in [2.45, 2.75) is 19.6 Å². The molecule has 1 aliphatic heterocycles. The van der Waals surface area contributed by atoms with Crippen molar-refractivity contribution < 1.29 is 9.53 Å². The number of amides is 1. The summed E-state index contributed by atoms with van der Waals surface area (Å²) >= 11 is 6.21. The predicted molar refractivity (Wildman–Crippen MR) is 117 cm³/mol. The summed E-state index contributed by atoms with van der Waals surface area (Å²) in [4.78, 5) is 25.2. The number of piperazine rings is 1. The zero-order chi connectivity index (χ0) is 20.9. The van der Waals surface area contributed by atoms with Gasteiger partial charge in [-0.2, -0.15) is 0 Å². The van der Waals surface area contributed by atoms with E-state index in [1.54, 1.807) is 4.90 Å². The molecule has 0 spiro atoms. The third-order valence-corrected chi connectivity index (χ3v) is 5.31. The Morgan fingerprint density at radius 2 is 1.77 bits per heavy atom. The standard InChI is InChI=1S/C23H23ClN4O2/c1-17-15-27(23(29)30-16-18-8-4-2-5-9-18)12-13-28(17)21-14-20(25-22(24)26-21)19-10-6-3-7-11-19/h2-11,14,17H,12-13,15-16H2,1H3/t17-/m0/s1. The lowest BCUT2D eigenvalue weighted by Crippen LogP contribution is -2.54. The van der Waals surface area contributed by atoms with Gasteiger partial charge in [-0.25, -0.2) is 14.8 Å². The van der Waals surface area contributed by atoms with Crippen LogP contribution in [-0.2, 0) is 11.3 Å². The average Bonchev–Trinajstić information content (AvgIpc) is 2.78. The van der Waals surface area contributed by atoms with Gasteiger partial charge in [0.25, 0.3) is 0 Å². The molecule has 4 rings (SSSR count). The molecule has 0 unspecified atom stereocenters. The zero-order valence-corrected chi connectivity index (χ0v) is 17.5. The van der Waals surface area contributed by atoms with Gasteiger partial charge < -0.3 is 14.5 Å². The molecule has 6 nitrogen and oxygen atoms in total. The molecule has 0 N–H and O–H groups in total. The summed E-state index contributed by atoms with van der Waals surface area (Å²) in [6.07, 6.45) is -0.295. The van der Waals surface area contributed by atoms with E-state index in [1.165, 1.54) is 0 Å². The van der Waals surface area contributed by atoms with E-state index >= 15 is 0 Å². The van der Waals surface area contributed by atoms with Crippen LogP contribution in [0.4, 0.5) is 10.6 Å². The second-order valence-electron chi connectivity index (χ2n) is 7.28. The largest absolute Gasteiger partial charge is 0.445 e. The number of hydrogen-bond donors (Lipinski definition) is 0. The molecule has 0 radical (unpaired) electrons. The van der Waals surface area contributed by atoms with Crippen molar-refractivity contribution in [1.82, 2.24) is 14.9 Å². The minimum atomic E-state index is -0.295. The number of ether oxygens (including phenoxy) is 1. The lowest BCUT2D eigenvalue weighted by Gasteiger charge is -2.40. The van der Waals surface area contributed by atoms with Crippen LogP contribution in [0, 0.1) is 0 Å². The third-order valence-electron chi connectivity index (χ3n) is 5.14. The summed E-state index contributed by atoms with van der Waals surface area (Å²) in [5, 5.41) is 0.211. The van der Waals surface area contributed by atoms with Crippen LogP contribution < -0.4 is 4.90 Å². The molecular formula is C23H23ClN4O2. The molecular weight excluding hydrogens is 400 g/mol. The van der Waals surface area contributed by atoms with Gasteiger partial charge in [0.05, 0.1) is 5.69 Å². The number of carbonyl (C=O) groups excluding carboxylic acids is 1. The molecule has 1 fully saturated rings. The van der Waals surface area contributed by atoms with Gasteiger partial charge in [0, 0.05) is 37.3 Å². The van der Waals surface area contributed by atoms with E-state index in [9.17, 15) is 4.79 Å². The summed E-state index contributed by atoms with van der Waals surface area (Å²) in [5.74, 6) is 0.763. The highest BCUT2D eigenvalue weighted by Gasteiger charge is 2.29. The molecule has 1 atom stereocenters. The van der Waals surface area contributed by atoms with E-state index in [0.29, 0.717) is 19.6 Å². The smallest absolute Gasteiger partial charge is 0.410 e. The number of nitrogens with zero attached hydrogens (tertiary/aromatic N) is 4. The highest BCUT2D eigenvalue weighted by molar-refractivity contribution is 6.28. The zero-order valence-electron chi connectivity index (χ0n) is 16.7. The quantitative estimate of drug-likeness (QED) is 0.573. The summed E-state index contributed by atoms with van der Waals surface area (Å²) in [7, 11) is 0. The normalized spacial score (nSPS) is 16.4. The Morgan fingerprint density at radius 3 is 2.47 bits per heavy atom. The van der Waals surface area contributed by atoms with Crippen LogP contribution >= 0.6 is 11.6 Å². The SMILES string of the molecule is C[C@H]1CN(C(=O)OCc2ccccc2)CCN1c1cc(-c2ccccc2)nc(Cl)n1. The lowest BCUT2D eigenvalue weighted by molar-refractivity contribution is 0.0898. The van der Waals surface area contributed by atoms with Crippen molar-refractivity contribution in [3.05, 3.63) is 77.6 Å². The molecule has 154 valence electrons. The molecule has 1 aromatic heterocycles. The Bertz CT molecular complexity index is 1000. The van der Waals surface area contributed by atoms with Gasteiger partial charge >= 0.3 is 6.09 Å². The molecule has 2 aromatic carbocycles. The number of rotatable bonds is 4. The number of halogens is 1. The molecule has 30 heavy (non-hydrogen) atoms. The van der Waals surface area contributed by atoms with E-state index in [2.05, 4.69) is 21.8 Å². The molecule has 3 aromatic rings. The highest BCUT2D eigenvalue weighted by atomic mass is 35.5. The molecule has 2 heterocycles. The molecule has 1 saturated heterocycles. The summed E-state index contributed by atoms with van der Waals surface area (Å²) in [6, 6.07) is 21.6. The lowest BCUT2D eigenvalue weighted by atomic mass is 10.1. The van der Waals surface area contributed by atoms with Crippen LogP contribution in [0.2, 0.25) is 5.28 Å². The summed E-state index contributed by atoms with van der Waals surface area (Å²) in [6.45, 7) is 4.09. The van der Waals surface area contributed by atoms with Gasteiger partial charge in [-0.1, -0.05) is 60.7 Å². The number of aromatic nitrogens is 2. The van der Waals surface area contributed by atoms with Crippen LogP contribution in [0.25, 0.3) is 11.3 Å². The van der Waals surface area contributed by atoms with Gasteiger partial charge in [0.2, 0.25) is 5.28 Å². The Kier molecular flexibility index (Phi) is 6.14. The molecule has 1 aliphatic rings. The maximum absolute atomic E-state index is 12.5. The van der Waals surface area contributed by atoms with Gasteiger partial charge in [-0.05, 0) is 24.1 Å². The summed E-state index contributed by atoms with van der Waals surface area (Å²) in [5.41, 5.74) is 2.74. The van der Waals surface area contributed by atoms with Gasteiger partial charge in [0.1, 0.15) is 12.4 Å². The van der Waals surface area contributed by atoms with Gasteiger partial charge in [0.15, 0.2) is 0 Å². The molecule has 0 saturated carbocycles. The monoisotopic (exact) mass is 422 g/mol. The van der Waals surface area contributed by atoms with Crippen molar-refractivity contribution in [1.29, 1.82) is 0 Å². The predicted octanol–water partition coefficient (Wildman–Crippen LogP) is 4.64. The van der Waals surface area contributed by atoms with Crippen molar-refractivity contribution in [3.63, 3.8) is 0 Å². The van der Waals surface area contributed by atoms with E-state index in [1.807, 2.05) is 66.7 Å². The second kappa shape index (κ2) is 9.13. The van der Waals surface area contributed by atoms with Crippen molar-refractivity contribution >= 4 is 23.5 Å². The Balaban J connectivity index is 1.42. The van der Waals surface area contributed by atoms with E-state index in [4.69, 9.17) is 16.3 Å². The first-order valence-electron chi connectivity index (χ1n) is 9.92. The number of hydrogen-bond acceptors (Lipinski definition) is 5. The van der Waals surface area contributed by atoms with E-state index in [0.717, 1.165) is 22.6 Å². The van der Waals surface area contributed by atoms with Crippen molar-refractivity contribution in [3.8, 4) is 11.3 Å². The fourth-order valence-electron chi connectivity index (χ4n) is 3.58. The fourth-order valence-corrected chi connectivity index (χ4v) is 3.76. The highest BCUT2D eigenvalue weighted by Crippen LogP contribution is 2.26. The van der Waals surface area contributed by atoms with Crippen molar-refractivity contribution in [2.24, 2.45) is 0 Å². The van der Waals surface area contributed by atoms with Crippen LogP contribution in [-0.4, -0.2) is 46.6 Å². The second-order valence-corrected chi connectivity index (χ2v) is 7.61. The molecule has 0 bridgehead atoms. The Labute approximate surface area is 181 Å². The maximum Gasteiger partial charge on any atom is 0.410 e. The first kappa shape index (κ1) is 20.2. The van der Waals surface area contributed by atoms with E-state index in [-0.39, 0.29) is 24.0 Å². The Hall–Kier alpha value is -3.12. The van der Waals surface area contributed by atoms with Gasteiger partial charge in [-0.15, -0.1) is 0 Å². The molecule has 1 amide bonds. The topological polar surface area (TPSA) is 58.6 Å². The third kappa shape index (κ3) is 4.71. The molecule has 7 heteroatoms. The van der Waals surface area contributed by atoms with Crippen molar-refractivity contribution in [2.75, 3.05) is 24.5 Å². The number of carbonyl (C=O) groups is 1. The average molecular weight is 423 g/mol. The fraction of sp³-hybridized carbons (Fsp3) is 0.261.